The number of rotatable bonds is 6. The smallest absolute Gasteiger partial charge is 0.335 e. The fourth-order valence-electron chi connectivity index (χ4n) is 5.64. The van der Waals surface area contributed by atoms with Gasteiger partial charge < -0.3 is 20.8 Å². The van der Waals surface area contributed by atoms with Crippen LogP contribution in [0, 0.1) is 39.5 Å². The molecular weight excluding hydrogens is 508 g/mol. The fraction of sp³-hybridized carbons (Fsp3) is 0.312. The summed E-state index contributed by atoms with van der Waals surface area (Å²) in [6.45, 7) is 8.88. The van der Waals surface area contributed by atoms with Gasteiger partial charge in [-0.2, -0.15) is 0 Å². The van der Waals surface area contributed by atoms with Crippen molar-refractivity contribution in [2.45, 2.75) is 52.6 Å². The predicted octanol–water partition coefficient (Wildman–Crippen LogP) is 4.94. The maximum absolute atomic E-state index is 14.0. The molecule has 40 heavy (non-hydrogen) atoms. The van der Waals surface area contributed by atoms with Crippen LogP contribution in [-0.4, -0.2) is 39.4 Å². The van der Waals surface area contributed by atoms with Gasteiger partial charge in [0.15, 0.2) is 0 Å². The van der Waals surface area contributed by atoms with Crippen LogP contribution in [0.25, 0.3) is 0 Å². The lowest BCUT2D eigenvalue weighted by atomic mass is 9.60. The van der Waals surface area contributed by atoms with Gasteiger partial charge in [0, 0.05) is 23.7 Å². The van der Waals surface area contributed by atoms with E-state index in [1.807, 2.05) is 39.8 Å². The molecule has 4 unspecified atom stereocenters. The van der Waals surface area contributed by atoms with Crippen LogP contribution in [0.5, 0.6) is 0 Å². The Morgan fingerprint density at radius 1 is 0.800 bits per heavy atom. The third-order valence-electron chi connectivity index (χ3n) is 8.11. The van der Waals surface area contributed by atoms with Crippen molar-refractivity contribution in [1.82, 2.24) is 0 Å². The maximum atomic E-state index is 14.0. The van der Waals surface area contributed by atoms with Crippen molar-refractivity contribution in [3.63, 3.8) is 0 Å². The molecule has 1 aliphatic rings. The number of aryl methyl sites for hydroxylation is 2. The Balaban J connectivity index is 1.86. The van der Waals surface area contributed by atoms with Crippen LogP contribution in [0.4, 0.5) is 11.4 Å². The van der Waals surface area contributed by atoms with Crippen molar-refractivity contribution >= 4 is 34.9 Å². The van der Waals surface area contributed by atoms with E-state index in [1.165, 1.54) is 25.1 Å². The molecule has 0 bridgehead atoms. The Hall–Kier alpha value is -4.30. The van der Waals surface area contributed by atoms with E-state index in [9.17, 15) is 29.4 Å². The number of anilines is 2. The van der Waals surface area contributed by atoms with Crippen molar-refractivity contribution in [3.05, 3.63) is 94.0 Å². The standard InChI is InChI=1S/C32H34N2O6/c1-17-10-8-14-23(19(17)3)33-29(36)27-25(35)16-32(5,40)28(26(27)21-12-6-7-13-22(21)31(38)39)30(37)34-24-15-9-11-18(2)20(24)4/h6-15,26-28,40H,16H2,1-5H3,(H,33,36)(H,34,37)(H,38,39). The van der Waals surface area contributed by atoms with Gasteiger partial charge in [0.25, 0.3) is 0 Å². The van der Waals surface area contributed by atoms with Crippen molar-refractivity contribution < 1.29 is 29.4 Å². The quantitative estimate of drug-likeness (QED) is 0.326. The van der Waals surface area contributed by atoms with Crippen LogP contribution in [-0.2, 0) is 14.4 Å². The average molecular weight is 543 g/mol. The molecule has 0 radical (unpaired) electrons. The Morgan fingerprint density at radius 2 is 1.32 bits per heavy atom. The highest BCUT2D eigenvalue weighted by Crippen LogP contribution is 2.47. The molecule has 4 N–H and O–H groups in total. The van der Waals surface area contributed by atoms with Crippen LogP contribution in [0.2, 0.25) is 0 Å². The molecule has 208 valence electrons. The van der Waals surface area contributed by atoms with Gasteiger partial charge in [-0.3, -0.25) is 14.4 Å². The molecule has 4 rings (SSSR count). The second kappa shape index (κ2) is 11.1. The Morgan fingerprint density at radius 3 is 1.88 bits per heavy atom. The van der Waals surface area contributed by atoms with E-state index < -0.39 is 53.3 Å². The number of hydrogen-bond acceptors (Lipinski definition) is 5. The van der Waals surface area contributed by atoms with Crippen LogP contribution in [0.1, 0.15) is 57.4 Å². The van der Waals surface area contributed by atoms with Gasteiger partial charge in [-0.05, 0) is 80.6 Å². The number of ketones is 1. The monoisotopic (exact) mass is 542 g/mol. The third kappa shape index (κ3) is 5.40. The number of amides is 2. The van der Waals surface area contributed by atoms with Gasteiger partial charge in [0.05, 0.1) is 17.1 Å². The van der Waals surface area contributed by atoms with Gasteiger partial charge in [-0.25, -0.2) is 4.79 Å². The van der Waals surface area contributed by atoms with E-state index in [0.717, 1.165) is 22.3 Å². The van der Waals surface area contributed by atoms with E-state index in [2.05, 4.69) is 10.6 Å². The third-order valence-corrected chi connectivity index (χ3v) is 8.11. The second-order valence-electron chi connectivity index (χ2n) is 10.8. The van der Waals surface area contributed by atoms with Gasteiger partial charge in [-0.15, -0.1) is 0 Å². The highest BCUT2D eigenvalue weighted by atomic mass is 16.4. The number of carbonyl (C=O) groups is 4. The summed E-state index contributed by atoms with van der Waals surface area (Å²) in [4.78, 5) is 53.7. The first-order valence-corrected chi connectivity index (χ1v) is 13.1. The molecule has 0 saturated heterocycles. The molecule has 1 fully saturated rings. The summed E-state index contributed by atoms with van der Waals surface area (Å²) in [5.74, 6) is -7.11. The lowest BCUT2D eigenvalue weighted by Crippen LogP contribution is -2.56. The lowest BCUT2D eigenvalue weighted by molar-refractivity contribution is -0.150. The van der Waals surface area contributed by atoms with E-state index in [4.69, 9.17) is 0 Å². The van der Waals surface area contributed by atoms with Gasteiger partial charge in [0.1, 0.15) is 11.7 Å². The zero-order chi connectivity index (χ0) is 29.4. The normalized spacial score (nSPS) is 22.4. The highest BCUT2D eigenvalue weighted by Gasteiger charge is 2.56. The fourth-order valence-corrected chi connectivity index (χ4v) is 5.64. The molecule has 2 amide bonds. The van der Waals surface area contributed by atoms with Crippen molar-refractivity contribution in [2.24, 2.45) is 11.8 Å². The SMILES string of the molecule is Cc1cccc(NC(=O)C2C(=O)CC(C)(O)C(C(=O)Nc3cccc(C)c3C)C2c2ccccc2C(=O)O)c1C. The molecule has 3 aromatic rings. The van der Waals surface area contributed by atoms with Gasteiger partial charge in [0.2, 0.25) is 11.8 Å². The van der Waals surface area contributed by atoms with Gasteiger partial charge >= 0.3 is 5.97 Å². The molecule has 0 spiro atoms. The van der Waals surface area contributed by atoms with Crippen LogP contribution >= 0.6 is 0 Å². The molecule has 8 nitrogen and oxygen atoms in total. The Kier molecular flexibility index (Phi) is 7.93. The van der Waals surface area contributed by atoms with Crippen LogP contribution in [0.3, 0.4) is 0 Å². The number of carboxylic acid groups (broad SMARTS) is 1. The molecule has 3 aromatic carbocycles. The largest absolute Gasteiger partial charge is 0.478 e. The number of aromatic carboxylic acids is 1. The molecule has 0 heterocycles. The first-order chi connectivity index (χ1) is 18.8. The van der Waals surface area contributed by atoms with Crippen molar-refractivity contribution in [3.8, 4) is 0 Å². The summed E-state index contributed by atoms with van der Waals surface area (Å²) >= 11 is 0. The summed E-state index contributed by atoms with van der Waals surface area (Å²) in [7, 11) is 0. The Bertz CT molecular complexity index is 1510. The minimum absolute atomic E-state index is 0.130. The molecule has 8 heteroatoms. The first-order valence-electron chi connectivity index (χ1n) is 13.1. The minimum Gasteiger partial charge on any atom is -0.478 e. The summed E-state index contributed by atoms with van der Waals surface area (Å²) in [6.07, 6.45) is -0.450. The van der Waals surface area contributed by atoms with Crippen LogP contribution in [0.15, 0.2) is 60.7 Å². The number of Topliss-reactive ketones (excluding diaryl/α,β-unsaturated/α-hetero) is 1. The van der Waals surface area contributed by atoms with E-state index in [-0.39, 0.29) is 11.1 Å². The number of carboxylic acids is 1. The zero-order valence-electron chi connectivity index (χ0n) is 23.2. The molecule has 4 atom stereocenters. The predicted molar refractivity (Wildman–Crippen MR) is 152 cm³/mol. The summed E-state index contributed by atoms with van der Waals surface area (Å²) in [5.41, 5.74) is 2.70. The minimum atomic E-state index is -1.86. The zero-order valence-corrected chi connectivity index (χ0v) is 23.2. The molecule has 0 aromatic heterocycles. The first kappa shape index (κ1) is 28.7. The molecule has 1 saturated carbocycles. The maximum Gasteiger partial charge on any atom is 0.335 e. The topological polar surface area (TPSA) is 133 Å². The highest BCUT2D eigenvalue weighted by molar-refractivity contribution is 6.11. The van der Waals surface area contributed by atoms with Crippen LogP contribution < -0.4 is 10.6 Å². The molecule has 0 aliphatic heterocycles. The number of aliphatic hydroxyl groups is 1. The number of nitrogens with one attached hydrogen (secondary N) is 2. The number of hydrogen-bond donors (Lipinski definition) is 4. The van der Waals surface area contributed by atoms with E-state index >= 15 is 0 Å². The lowest BCUT2D eigenvalue weighted by Gasteiger charge is -2.45. The molecular formula is C32H34N2O6. The average Bonchev–Trinajstić information content (AvgIpc) is 2.88. The number of benzene rings is 3. The van der Waals surface area contributed by atoms with E-state index in [1.54, 1.807) is 30.3 Å². The van der Waals surface area contributed by atoms with Crippen molar-refractivity contribution in [2.75, 3.05) is 10.6 Å². The summed E-state index contributed by atoms with van der Waals surface area (Å²) in [5, 5.41) is 27.3. The number of carbonyl (C=O) groups excluding carboxylic acids is 3. The van der Waals surface area contributed by atoms with E-state index in [0.29, 0.717) is 11.4 Å². The van der Waals surface area contributed by atoms with Crippen molar-refractivity contribution in [1.29, 1.82) is 0 Å². The van der Waals surface area contributed by atoms with Gasteiger partial charge in [-0.1, -0.05) is 42.5 Å². The summed E-state index contributed by atoms with van der Waals surface area (Å²) < 4.78 is 0. The summed E-state index contributed by atoms with van der Waals surface area (Å²) in [6, 6.07) is 16.8. The molecule has 1 aliphatic carbocycles. The second-order valence-corrected chi connectivity index (χ2v) is 10.8. The Labute approximate surface area is 233 Å².